The van der Waals surface area contributed by atoms with Gasteiger partial charge in [-0.25, -0.2) is 8.96 Å². The quantitative estimate of drug-likeness (QED) is 0.819. The van der Waals surface area contributed by atoms with Crippen LogP contribution in [0.3, 0.4) is 0 Å². The molecule has 0 saturated carbocycles. The molecule has 0 spiro atoms. The Morgan fingerprint density at radius 2 is 1.86 bits per heavy atom. The molecule has 2 N–H and O–H groups in total. The molecule has 0 heterocycles. The van der Waals surface area contributed by atoms with Gasteiger partial charge in [0, 0.05) is 0 Å². The van der Waals surface area contributed by atoms with Gasteiger partial charge in [-0.1, -0.05) is 24.3 Å². The zero-order valence-corrected chi connectivity index (χ0v) is 12.0. The molecule has 1 unspecified atom stereocenters. The molecule has 0 aliphatic rings. The monoisotopic (exact) mass is 323 g/mol. The predicted octanol–water partition coefficient (Wildman–Crippen LogP) is 3.29. The van der Waals surface area contributed by atoms with Crippen LogP contribution in [0.2, 0.25) is 0 Å². The second kappa shape index (κ2) is 6.69. The summed E-state index contributed by atoms with van der Waals surface area (Å²) >= 11 is 0. The molecular weight excluding hydrogens is 312 g/mol. The van der Waals surface area contributed by atoms with E-state index in [0.717, 1.165) is 12.1 Å². The van der Waals surface area contributed by atoms with E-state index in [9.17, 15) is 8.96 Å². The van der Waals surface area contributed by atoms with Crippen LogP contribution in [-0.4, -0.2) is 9.79 Å². The third kappa shape index (κ3) is 4.38. The molecule has 0 saturated heterocycles. The Morgan fingerprint density at radius 1 is 1.18 bits per heavy atom. The van der Waals surface area contributed by atoms with Crippen molar-refractivity contribution in [2.45, 2.75) is 6.10 Å². The van der Waals surface area contributed by atoms with Gasteiger partial charge in [0.2, 0.25) is 0 Å². The number of rotatable bonds is 5. The molecule has 0 bridgehead atoms. The van der Waals surface area contributed by atoms with Gasteiger partial charge in [0.25, 0.3) is 0 Å². The zero-order chi connectivity index (χ0) is 16.2. The van der Waals surface area contributed by atoms with Crippen molar-refractivity contribution in [2.75, 3.05) is 0 Å². The summed E-state index contributed by atoms with van der Waals surface area (Å²) in [6.07, 6.45) is -1.54. The molecule has 2 rings (SSSR count). The van der Waals surface area contributed by atoms with Crippen LogP contribution in [-0.2, 0) is 9.09 Å². The van der Waals surface area contributed by atoms with Gasteiger partial charge in [-0.2, -0.15) is 5.26 Å². The molecule has 0 fully saturated rings. The van der Waals surface area contributed by atoms with Crippen molar-refractivity contribution in [3.63, 3.8) is 0 Å². The van der Waals surface area contributed by atoms with Gasteiger partial charge in [0.1, 0.15) is 5.75 Å². The molecule has 0 aliphatic heterocycles. The smallest absolute Gasteiger partial charge is 0.454 e. The van der Waals surface area contributed by atoms with Crippen molar-refractivity contribution in [2.24, 2.45) is 0 Å². The number of benzene rings is 2. The molecule has 0 aliphatic carbocycles. The Hall–Kier alpha value is -2.23. The largest absolute Gasteiger partial charge is 0.471 e. The number of para-hydroxylation sites is 1. The van der Waals surface area contributed by atoms with Crippen LogP contribution in [0.5, 0.6) is 11.5 Å². The summed E-state index contributed by atoms with van der Waals surface area (Å²) in [6.45, 7) is 0. The zero-order valence-electron chi connectivity index (χ0n) is 11.1. The molecule has 8 heteroatoms. The minimum absolute atomic E-state index is 0.0677. The number of ether oxygens (including phenoxy) is 1. The number of halogens is 1. The lowest BCUT2D eigenvalue weighted by atomic mass is 10.1. The summed E-state index contributed by atoms with van der Waals surface area (Å²) in [7, 11) is -4.85. The maximum Gasteiger partial charge on any atom is 0.471 e. The molecular formula is C14H11FNO5P. The van der Waals surface area contributed by atoms with Crippen molar-refractivity contribution >= 4 is 7.82 Å². The Morgan fingerprint density at radius 3 is 2.45 bits per heavy atom. The number of hydrogen-bond acceptors (Lipinski definition) is 4. The molecule has 0 amide bonds. The third-order valence-corrected chi connectivity index (χ3v) is 3.07. The summed E-state index contributed by atoms with van der Waals surface area (Å²) in [4.78, 5) is 17.5. The average molecular weight is 323 g/mol. The minimum Gasteiger partial charge on any atom is -0.454 e. The van der Waals surface area contributed by atoms with E-state index < -0.39 is 19.7 Å². The predicted molar refractivity (Wildman–Crippen MR) is 74.4 cm³/mol. The highest BCUT2D eigenvalue weighted by Gasteiger charge is 2.24. The first-order valence-corrected chi connectivity index (χ1v) is 7.58. The number of nitrogens with zero attached hydrogens (tertiary/aromatic N) is 1. The van der Waals surface area contributed by atoms with E-state index in [1.54, 1.807) is 36.4 Å². The van der Waals surface area contributed by atoms with Crippen LogP contribution in [0.4, 0.5) is 4.39 Å². The second-order valence-corrected chi connectivity index (χ2v) is 5.40. The van der Waals surface area contributed by atoms with Gasteiger partial charge in [-0.3, -0.25) is 4.52 Å². The van der Waals surface area contributed by atoms with Crippen LogP contribution < -0.4 is 4.74 Å². The summed E-state index contributed by atoms with van der Waals surface area (Å²) in [5, 5.41) is 8.94. The average Bonchev–Trinajstić information content (AvgIpc) is 2.47. The summed E-state index contributed by atoms with van der Waals surface area (Å²) in [5.41, 5.74) is 0.0677. The first-order chi connectivity index (χ1) is 10.4. The molecule has 6 nitrogen and oxygen atoms in total. The van der Waals surface area contributed by atoms with E-state index in [4.69, 9.17) is 19.8 Å². The van der Waals surface area contributed by atoms with Gasteiger partial charge in [0.15, 0.2) is 17.7 Å². The molecule has 2 aromatic rings. The minimum atomic E-state index is -4.85. The molecule has 114 valence electrons. The van der Waals surface area contributed by atoms with Gasteiger partial charge in [-0.15, -0.1) is 0 Å². The fourth-order valence-corrected chi connectivity index (χ4v) is 2.12. The van der Waals surface area contributed by atoms with Crippen LogP contribution in [0.1, 0.15) is 11.7 Å². The normalized spacial score (nSPS) is 12.5. The summed E-state index contributed by atoms with van der Waals surface area (Å²) in [6, 6.07) is 13.4. The number of phosphoric ester groups is 1. The van der Waals surface area contributed by atoms with Crippen molar-refractivity contribution in [3.05, 3.63) is 59.9 Å². The lowest BCUT2D eigenvalue weighted by Crippen LogP contribution is -2.01. The standard InChI is InChI=1S/C14H11FNO5P/c15-12-7-6-10(14(9-16)21-22(17,18)19)8-13(12)20-11-4-2-1-3-5-11/h1-8,14H,(H2,17,18,19). The molecule has 0 aromatic heterocycles. The Balaban J connectivity index is 2.30. The fourth-order valence-electron chi connectivity index (χ4n) is 1.67. The van der Waals surface area contributed by atoms with E-state index in [2.05, 4.69) is 4.52 Å². The van der Waals surface area contributed by atoms with Crippen LogP contribution in [0.25, 0.3) is 0 Å². The van der Waals surface area contributed by atoms with Crippen LogP contribution >= 0.6 is 7.82 Å². The Labute approximate surface area is 125 Å². The number of phosphoric acid groups is 1. The maximum atomic E-state index is 13.8. The van der Waals surface area contributed by atoms with E-state index in [1.807, 2.05) is 0 Å². The number of hydrogen-bond donors (Lipinski definition) is 2. The van der Waals surface area contributed by atoms with Gasteiger partial charge in [-0.05, 0) is 29.8 Å². The topological polar surface area (TPSA) is 99.8 Å². The summed E-state index contributed by atoms with van der Waals surface area (Å²) in [5.74, 6) is -0.485. The first-order valence-electron chi connectivity index (χ1n) is 6.05. The van der Waals surface area contributed by atoms with Crippen molar-refractivity contribution in [1.29, 1.82) is 5.26 Å². The van der Waals surface area contributed by atoms with Crippen molar-refractivity contribution in [1.82, 2.24) is 0 Å². The van der Waals surface area contributed by atoms with Crippen LogP contribution in [0, 0.1) is 17.1 Å². The maximum absolute atomic E-state index is 13.8. The van der Waals surface area contributed by atoms with E-state index in [1.165, 1.54) is 6.07 Å². The van der Waals surface area contributed by atoms with Crippen LogP contribution in [0.15, 0.2) is 48.5 Å². The fraction of sp³-hybridized carbons (Fsp3) is 0.0714. The van der Waals surface area contributed by atoms with Crippen molar-refractivity contribution in [3.8, 4) is 17.6 Å². The van der Waals surface area contributed by atoms with Gasteiger partial charge >= 0.3 is 7.82 Å². The number of nitriles is 1. The molecule has 1 atom stereocenters. The molecule has 2 aromatic carbocycles. The Bertz CT molecular complexity index is 741. The Kier molecular flexibility index (Phi) is 4.91. The lowest BCUT2D eigenvalue weighted by Gasteiger charge is -2.13. The highest BCUT2D eigenvalue weighted by Crippen LogP contribution is 2.42. The van der Waals surface area contributed by atoms with Gasteiger partial charge in [0.05, 0.1) is 6.07 Å². The van der Waals surface area contributed by atoms with E-state index in [0.29, 0.717) is 5.75 Å². The highest BCUT2D eigenvalue weighted by atomic mass is 31.2. The van der Waals surface area contributed by atoms with E-state index in [-0.39, 0.29) is 11.3 Å². The van der Waals surface area contributed by atoms with Gasteiger partial charge < -0.3 is 14.5 Å². The second-order valence-electron chi connectivity index (χ2n) is 4.21. The SMILES string of the molecule is N#CC(OP(=O)(O)O)c1ccc(F)c(Oc2ccccc2)c1. The lowest BCUT2D eigenvalue weighted by molar-refractivity contribution is 0.166. The third-order valence-electron chi connectivity index (χ3n) is 2.59. The highest BCUT2D eigenvalue weighted by molar-refractivity contribution is 7.46. The summed E-state index contributed by atoms with van der Waals surface area (Å²) < 4.78 is 34.3. The molecule has 22 heavy (non-hydrogen) atoms. The first kappa shape index (κ1) is 16.1. The molecule has 0 radical (unpaired) electrons. The van der Waals surface area contributed by atoms with Crippen molar-refractivity contribution < 1.29 is 28.0 Å². The van der Waals surface area contributed by atoms with E-state index >= 15 is 0 Å².